The van der Waals surface area contributed by atoms with Gasteiger partial charge in [0, 0.05) is 0 Å². The third-order valence-electron chi connectivity index (χ3n) is 4.23. The van der Waals surface area contributed by atoms with Gasteiger partial charge in [-0.15, -0.1) is 0 Å². The number of hydrogen-bond donors (Lipinski definition) is 0. The molecular weight excluding hydrogens is 333 g/mol. The van der Waals surface area contributed by atoms with Gasteiger partial charge in [0.05, 0.1) is 23.0 Å². The summed E-state index contributed by atoms with van der Waals surface area (Å²) in [6.07, 6.45) is -4.59. The molecule has 1 aliphatic heterocycles. The van der Waals surface area contributed by atoms with E-state index in [0.29, 0.717) is 6.42 Å². The van der Waals surface area contributed by atoms with E-state index in [-0.39, 0.29) is 23.5 Å². The molecule has 0 aromatic heterocycles. The molecule has 3 unspecified atom stereocenters. The fourth-order valence-corrected chi connectivity index (χ4v) is 4.57. The van der Waals surface area contributed by atoms with E-state index in [2.05, 4.69) is 0 Å². The van der Waals surface area contributed by atoms with E-state index in [0.717, 1.165) is 6.07 Å². The number of carbonyl (C=O) groups is 1. The molecule has 0 spiro atoms. The monoisotopic (exact) mass is 348 g/mol. The third kappa shape index (κ3) is 3.52. The molecule has 1 saturated heterocycles. The van der Waals surface area contributed by atoms with Crippen molar-refractivity contribution in [1.82, 2.24) is 0 Å². The number of sulfone groups is 1. The second-order valence-electron chi connectivity index (χ2n) is 6.00. The van der Waals surface area contributed by atoms with Gasteiger partial charge in [-0.25, -0.2) is 8.42 Å². The number of benzene rings is 1. The van der Waals surface area contributed by atoms with Gasteiger partial charge in [0.25, 0.3) is 0 Å². The minimum absolute atomic E-state index is 0.0179. The summed E-state index contributed by atoms with van der Waals surface area (Å²) in [5.41, 5.74) is -0.635. The topological polar surface area (TPSA) is 60.4 Å². The molecule has 126 valence electrons. The molecule has 1 aliphatic carbocycles. The lowest BCUT2D eigenvalue weighted by atomic mass is 10.0. The molecule has 0 amide bonds. The molecule has 1 saturated carbocycles. The van der Waals surface area contributed by atoms with E-state index < -0.39 is 45.5 Å². The highest BCUT2D eigenvalue weighted by atomic mass is 32.2. The largest absolute Gasteiger partial charge is 0.461 e. The molecule has 23 heavy (non-hydrogen) atoms. The zero-order chi connectivity index (χ0) is 16.8. The standard InChI is InChI=1S/C15H15F3O4S/c16-15(17,18)13-4-2-1-3-10(13)11-7-12(11)14(19)22-9-5-6-23(20,21)8-9/h1-4,9,11-12H,5-8H2. The lowest BCUT2D eigenvalue weighted by molar-refractivity contribution is -0.149. The molecule has 0 N–H and O–H groups in total. The van der Waals surface area contributed by atoms with Crippen molar-refractivity contribution in [3.8, 4) is 0 Å². The van der Waals surface area contributed by atoms with Gasteiger partial charge < -0.3 is 4.74 Å². The van der Waals surface area contributed by atoms with Gasteiger partial charge in [-0.2, -0.15) is 13.2 Å². The van der Waals surface area contributed by atoms with Crippen LogP contribution < -0.4 is 0 Å². The van der Waals surface area contributed by atoms with Crippen LogP contribution in [0.4, 0.5) is 13.2 Å². The van der Waals surface area contributed by atoms with Gasteiger partial charge in [0.2, 0.25) is 0 Å². The zero-order valence-electron chi connectivity index (χ0n) is 12.0. The fraction of sp³-hybridized carbons (Fsp3) is 0.533. The molecule has 0 radical (unpaired) electrons. The van der Waals surface area contributed by atoms with Crippen molar-refractivity contribution in [3.05, 3.63) is 35.4 Å². The van der Waals surface area contributed by atoms with Crippen LogP contribution in [0.5, 0.6) is 0 Å². The Balaban J connectivity index is 1.67. The summed E-state index contributed by atoms with van der Waals surface area (Å²) in [6, 6.07) is 5.20. The highest BCUT2D eigenvalue weighted by Gasteiger charge is 2.49. The third-order valence-corrected chi connectivity index (χ3v) is 5.97. The van der Waals surface area contributed by atoms with Crippen molar-refractivity contribution >= 4 is 15.8 Å². The van der Waals surface area contributed by atoms with Crippen LogP contribution in [0, 0.1) is 5.92 Å². The lowest BCUT2D eigenvalue weighted by Crippen LogP contribution is -2.21. The van der Waals surface area contributed by atoms with E-state index in [4.69, 9.17) is 4.74 Å². The number of alkyl halides is 3. The first-order valence-corrected chi connectivity index (χ1v) is 9.06. The van der Waals surface area contributed by atoms with E-state index in [9.17, 15) is 26.4 Å². The zero-order valence-corrected chi connectivity index (χ0v) is 12.9. The van der Waals surface area contributed by atoms with Gasteiger partial charge in [-0.3, -0.25) is 4.79 Å². The normalized spacial score (nSPS) is 29.3. The minimum Gasteiger partial charge on any atom is -0.461 e. The van der Waals surface area contributed by atoms with Crippen molar-refractivity contribution in [2.24, 2.45) is 5.92 Å². The molecule has 2 fully saturated rings. The predicted molar refractivity (Wildman–Crippen MR) is 75.4 cm³/mol. The average molecular weight is 348 g/mol. The lowest BCUT2D eigenvalue weighted by Gasteiger charge is -2.13. The molecule has 1 heterocycles. The average Bonchev–Trinajstić information content (AvgIpc) is 3.17. The van der Waals surface area contributed by atoms with Crippen LogP contribution in [-0.2, 0) is 25.5 Å². The van der Waals surface area contributed by atoms with E-state index in [1.807, 2.05) is 0 Å². The first kappa shape index (κ1) is 16.3. The molecule has 1 aromatic carbocycles. The van der Waals surface area contributed by atoms with Gasteiger partial charge in [-0.1, -0.05) is 18.2 Å². The maximum Gasteiger partial charge on any atom is 0.416 e. The van der Waals surface area contributed by atoms with Gasteiger partial charge in [0.1, 0.15) is 6.10 Å². The van der Waals surface area contributed by atoms with Gasteiger partial charge in [0.15, 0.2) is 9.84 Å². The Bertz CT molecular complexity index is 726. The van der Waals surface area contributed by atoms with Crippen molar-refractivity contribution in [3.63, 3.8) is 0 Å². The fourth-order valence-electron chi connectivity index (χ4n) is 2.98. The Morgan fingerprint density at radius 1 is 1.22 bits per heavy atom. The van der Waals surface area contributed by atoms with Crippen molar-refractivity contribution < 1.29 is 31.1 Å². The second-order valence-corrected chi connectivity index (χ2v) is 8.22. The summed E-state index contributed by atoms with van der Waals surface area (Å²) >= 11 is 0. The van der Waals surface area contributed by atoms with Crippen molar-refractivity contribution in [2.75, 3.05) is 11.5 Å². The molecular formula is C15H15F3O4S. The molecule has 2 aliphatic rings. The van der Waals surface area contributed by atoms with Gasteiger partial charge >= 0.3 is 12.1 Å². The number of ether oxygens (including phenoxy) is 1. The van der Waals surface area contributed by atoms with Crippen LogP contribution in [0.3, 0.4) is 0 Å². The van der Waals surface area contributed by atoms with Crippen LogP contribution in [-0.4, -0.2) is 32.0 Å². The summed E-state index contributed by atoms with van der Waals surface area (Å²) in [4.78, 5) is 12.0. The Kier molecular flexibility index (Phi) is 3.90. The van der Waals surface area contributed by atoms with E-state index in [1.54, 1.807) is 0 Å². The van der Waals surface area contributed by atoms with Gasteiger partial charge in [-0.05, 0) is 30.4 Å². The summed E-state index contributed by atoms with van der Waals surface area (Å²) in [5, 5.41) is 0. The number of halogens is 3. The number of carbonyl (C=O) groups excluding carboxylic acids is 1. The highest BCUT2D eigenvalue weighted by Crippen LogP contribution is 2.51. The Labute approximate surface area is 131 Å². The first-order valence-electron chi connectivity index (χ1n) is 7.24. The first-order chi connectivity index (χ1) is 10.7. The van der Waals surface area contributed by atoms with E-state index >= 15 is 0 Å². The van der Waals surface area contributed by atoms with Crippen LogP contribution in [0.1, 0.15) is 29.9 Å². The number of rotatable bonds is 3. The predicted octanol–water partition coefficient (Wildman–Crippen LogP) is 2.54. The van der Waals surface area contributed by atoms with Crippen molar-refractivity contribution in [2.45, 2.75) is 31.0 Å². The summed E-state index contributed by atoms with van der Waals surface area (Å²) in [6.45, 7) is 0. The number of esters is 1. The van der Waals surface area contributed by atoms with E-state index in [1.165, 1.54) is 18.2 Å². The maximum atomic E-state index is 13.0. The van der Waals surface area contributed by atoms with Crippen LogP contribution in [0.2, 0.25) is 0 Å². The molecule has 0 bridgehead atoms. The summed E-state index contributed by atoms with van der Waals surface area (Å²) < 4.78 is 66.8. The summed E-state index contributed by atoms with van der Waals surface area (Å²) in [7, 11) is -3.16. The molecule has 3 atom stereocenters. The highest BCUT2D eigenvalue weighted by molar-refractivity contribution is 7.91. The SMILES string of the molecule is O=C(OC1CCS(=O)(=O)C1)C1CC1c1ccccc1C(F)(F)F. The second kappa shape index (κ2) is 5.51. The minimum atomic E-state index is -4.47. The van der Waals surface area contributed by atoms with Crippen molar-refractivity contribution in [1.29, 1.82) is 0 Å². The summed E-state index contributed by atoms with van der Waals surface area (Å²) in [5.74, 6) is -1.96. The molecule has 8 heteroatoms. The number of hydrogen-bond acceptors (Lipinski definition) is 4. The van der Waals surface area contributed by atoms with Crippen LogP contribution in [0.15, 0.2) is 24.3 Å². The molecule has 4 nitrogen and oxygen atoms in total. The molecule has 3 rings (SSSR count). The Morgan fingerprint density at radius 2 is 1.91 bits per heavy atom. The Morgan fingerprint density at radius 3 is 2.52 bits per heavy atom. The maximum absolute atomic E-state index is 13.0. The smallest absolute Gasteiger partial charge is 0.416 e. The quantitative estimate of drug-likeness (QED) is 0.788. The van der Waals surface area contributed by atoms with Crippen LogP contribution >= 0.6 is 0 Å². The Hall–Kier alpha value is -1.57. The van der Waals surface area contributed by atoms with Crippen LogP contribution in [0.25, 0.3) is 0 Å². The molecule has 1 aromatic rings.